The van der Waals surface area contributed by atoms with Crippen molar-refractivity contribution in [2.75, 3.05) is 38.0 Å². The van der Waals surface area contributed by atoms with Crippen molar-refractivity contribution in [3.8, 4) is 0 Å². The van der Waals surface area contributed by atoms with Gasteiger partial charge in [-0.1, -0.05) is 23.9 Å². The van der Waals surface area contributed by atoms with Crippen LogP contribution in [0.2, 0.25) is 0 Å². The predicted molar refractivity (Wildman–Crippen MR) is 122 cm³/mol. The molecule has 0 spiro atoms. The van der Waals surface area contributed by atoms with E-state index in [1.807, 2.05) is 12.1 Å². The number of ether oxygens (including phenoxy) is 1. The van der Waals surface area contributed by atoms with Gasteiger partial charge in [0.2, 0.25) is 11.7 Å². The van der Waals surface area contributed by atoms with E-state index in [1.54, 1.807) is 35.3 Å². The molecule has 3 heterocycles. The van der Waals surface area contributed by atoms with E-state index in [0.717, 1.165) is 0 Å². The zero-order valence-electron chi connectivity index (χ0n) is 17.9. The van der Waals surface area contributed by atoms with Crippen molar-refractivity contribution in [3.63, 3.8) is 0 Å². The van der Waals surface area contributed by atoms with Gasteiger partial charge in [0.25, 0.3) is 5.56 Å². The number of carbonyl (C=O) groups is 1. The van der Waals surface area contributed by atoms with Crippen LogP contribution in [0.25, 0.3) is 16.7 Å². The van der Waals surface area contributed by atoms with E-state index >= 15 is 0 Å². The van der Waals surface area contributed by atoms with E-state index < -0.39 is 9.84 Å². The molecular weight excluding hydrogens is 454 g/mol. The van der Waals surface area contributed by atoms with Crippen molar-refractivity contribution in [2.45, 2.75) is 30.6 Å². The first-order valence-corrected chi connectivity index (χ1v) is 13.1. The lowest BCUT2D eigenvalue weighted by Gasteiger charge is -2.23. The molecule has 0 saturated carbocycles. The molecule has 0 radical (unpaired) electrons. The Balaban J connectivity index is 1.62. The topological polar surface area (TPSA) is 116 Å². The average Bonchev–Trinajstić information content (AvgIpc) is 3.37. The fourth-order valence-corrected chi connectivity index (χ4v) is 6.55. The molecule has 1 aliphatic heterocycles. The Labute approximate surface area is 189 Å². The van der Waals surface area contributed by atoms with E-state index in [4.69, 9.17) is 4.74 Å². The van der Waals surface area contributed by atoms with Crippen molar-refractivity contribution < 1.29 is 17.9 Å². The Kier molecular flexibility index (Phi) is 6.54. The molecule has 0 bridgehead atoms. The second-order valence-corrected chi connectivity index (χ2v) is 11.0. The molecule has 1 aliphatic rings. The van der Waals surface area contributed by atoms with E-state index in [1.165, 1.54) is 16.7 Å². The zero-order valence-corrected chi connectivity index (χ0v) is 19.6. The molecule has 32 heavy (non-hydrogen) atoms. The van der Waals surface area contributed by atoms with Crippen LogP contribution >= 0.6 is 11.8 Å². The van der Waals surface area contributed by atoms with Crippen LogP contribution in [0, 0.1) is 0 Å². The summed E-state index contributed by atoms with van der Waals surface area (Å²) in [5, 5.41) is 9.52. The second-order valence-electron chi connectivity index (χ2n) is 7.79. The molecular formula is C20H25N5O5S2. The zero-order chi connectivity index (χ0) is 22.9. The Bertz CT molecular complexity index is 1320. The van der Waals surface area contributed by atoms with Crippen LogP contribution in [0.15, 0.2) is 34.2 Å². The standard InChI is InChI=1S/C20H25N5O5S2/c1-23(14-8-11-32(28,29)13-14)17(26)12-31-20-22-21-19-24(9-5-10-30-2)18(27)15-6-3-4-7-16(15)25(19)20/h3-4,6-7,14H,5,8-13H2,1-2H3. The molecule has 1 saturated heterocycles. The van der Waals surface area contributed by atoms with Gasteiger partial charge in [0.15, 0.2) is 15.0 Å². The lowest BCUT2D eigenvalue weighted by atomic mass is 10.2. The highest BCUT2D eigenvalue weighted by atomic mass is 32.2. The van der Waals surface area contributed by atoms with Crippen molar-refractivity contribution in [3.05, 3.63) is 34.6 Å². The molecule has 1 aromatic carbocycles. The van der Waals surface area contributed by atoms with Gasteiger partial charge in [-0.3, -0.25) is 18.6 Å². The van der Waals surface area contributed by atoms with Gasteiger partial charge in [-0.2, -0.15) is 0 Å². The summed E-state index contributed by atoms with van der Waals surface area (Å²) in [4.78, 5) is 27.3. The molecule has 0 N–H and O–H groups in total. The largest absolute Gasteiger partial charge is 0.385 e. The van der Waals surface area contributed by atoms with Gasteiger partial charge in [0.05, 0.1) is 28.2 Å². The number of para-hydroxylation sites is 1. The van der Waals surface area contributed by atoms with Crippen molar-refractivity contribution in [2.24, 2.45) is 0 Å². The number of nitrogens with zero attached hydrogens (tertiary/aromatic N) is 5. The third-order valence-electron chi connectivity index (χ3n) is 5.68. The van der Waals surface area contributed by atoms with Gasteiger partial charge in [0, 0.05) is 33.4 Å². The molecule has 1 unspecified atom stereocenters. The monoisotopic (exact) mass is 479 g/mol. The Morgan fingerprint density at radius 1 is 1.31 bits per heavy atom. The molecule has 12 heteroatoms. The number of hydrogen-bond acceptors (Lipinski definition) is 8. The van der Waals surface area contributed by atoms with Gasteiger partial charge in [-0.15, -0.1) is 10.2 Å². The molecule has 0 aliphatic carbocycles. The fourth-order valence-electron chi connectivity index (χ4n) is 3.91. The van der Waals surface area contributed by atoms with Crippen LogP contribution in [0.4, 0.5) is 0 Å². The minimum absolute atomic E-state index is 0.00611. The molecule has 1 atom stereocenters. The summed E-state index contributed by atoms with van der Waals surface area (Å²) in [5.74, 6) is 0.447. The number of thioether (sulfide) groups is 1. The number of hydrogen-bond donors (Lipinski definition) is 0. The fraction of sp³-hybridized carbons (Fsp3) is 0.500. The molecule has 1 fully saturated rings. The number of aryl methyl sites for hydroxylation is 1. The van der Waals surface area contributed by atoms with Crippen LogP contribution in [0.5, 0.6) is 0 Å². The lowest BCUT2D eigenvalue weighted by Crippen LogP contribution is -2.38. The molecule has 172 valence electrons. The third-order valence-corrected chi connectivity index (χ3v) is 8.35. The van der Waals surface area contributed by atoms with Crippen LogP contribution < -0.4 is 5.56 Å². The summed E-state index contributed by atoms with van der Waals surface area (Å²) in [5.41, 5.74) is 0.525. The lowest BCUT2D eigenvalue weighted by molar-refractivity contribution is -0.128. The molecule has 2 aromatic heterocycles. The highest BCUT2D eigenvalue weighted by molar-refractivity contribution is 7.99. The summed E-state index contributed by atoms with van der Waals surface area (Å²) < 4.78 is 32.0. The van der Waals surface area contributed by atoms with Gasteiger partial charge in [0.1, 0.15) is 0 Å². The van der Waals surface area contributed by atoms with Gasteiger partial charge >= 0.3 is 0 Å². The van der Waals surface area contributed by atoms with Crippen LogP contribution in [0.1, 0.15) is 12.8 Å². The maximum Gasteiger partial charge on any atom is 0.262 e. The SMILES string of the molecule is COCCCn1c(=O)c2ccccc2n2c(SCC(=O)N(C)C3CCS(=O)(=O)C3)nnc12. The summed E-state index contributed by atoms with van der Waals surface area (Å²) >= 11 is 1.22. The smallest absolute Gasteiger partial charge is 0.262 e. The highest BCUT2D eigenvalue weighted by Crippen LogP contribution is 2.23. The van der Waals surface area contributed by atoms with E-state index in [0.29, 0.717) is 47.8 Å². The average molecular weight is 480 g/mol. The number of rotatable bonds is 8. The quantitative estimate of drug-likeness (QED) is 0.344. The van der Waals surface area contributed by atoms with Crippen LogP contribution in [-0.2, 0) is 25.9 Å². The first kappa shape index (κ1) is 22.7. The Morgan fingerprint density at radius 3 is 2.81 bits per heavy atom. The summed E-state index contributed by atoms with van der Waals surface area (Å²) in [6.45, 7) is 0.945. The number of aromatic nitrogens is 4. The van der Waals surface area contributed by atoms with Crippen molar-refractivity contribution in [1.29, 1.82) is 0 Å². The van der Waals surface area contributed by atoms with E-state index in [2.05, 4.69) is 10.2 Å². The molecule has 3 aromatic rings. The molecule has 4 rings (SSSR count). The number of sulfone groups is 1. The third kappa shape index (κ3) is 4.39. The number of methoxy groups -OCH3 is 1. The summed E-state index contributed by atoms with van der Waals surface area (Å²) in [6.07, 6.45) is 1.11. The number of fused-ring (bicyclic) bond motifs is 3. The van der Waals surface area contributed by atoms with Crippen LogP contribution in [-0.4, -0.2) is 82.5 Å². The van der Waals surface area contributed by atoms with Crippen molar-refractivity contribution in [1.82, 2.24) is 24.1 Å². The first-order chi connectivity index (χ1) is 15.3. The Morgan fingerprint density at radius 2 is 2.09 bits per heavy atom. The van der Waals surface area contributed by atoms with Gasteiger partial charge in [-0.25, -0.2) is 8.42 Å². The highest BCUT2D eigenvalue weighted by Gasteiger charge is 2.32. The minimum Gasteiger partial charge on any atom is -0.385 e. The normalized spacial score (nSPS) is 17.9. The van der Waals surface area contributed by atoms with Gasteiger partial charge < -0.3 is 9.64 Å². The van der Waals surface area contributed by atoms with Crippen molar-refractivity contribution >= 4 is 44.2 Å². The maximum absolute atomic E-state index is 13.0. The van der Waals surface area contributed by atoms with Gasteiger partial charge in [-0.05, 0) is 25.0 Å². The number of benzene rings is 1. The molecule has 1 amide bonds. The second kappa shape index (κ2) is 9.20. The predicted octanol–water partition coefficient (Wildman–Crippen LogP) is 0.818. The maximum atomic E-state index is 13.0. The van der Waals surface area contributed by atoms with E-state index in [-0.39, 0.29) is 34.8 Å². The minimum atomic E-state index is -3.07. The number of amides is 1. The first-order valence-electron chi connectivity index (χ1n) is 10.3. The molecule has 10 nitrogen and oxygen atoms in total. The van der Waals surface area contributed by atoms with Crippen LogP contribution in [0.3, 0.4) is 0 Å². The Hall–Kier alpha value is -2.44. The number of carbonyl (C=O) groups excluding carboxylic acids is 1. The summed E-state index contributed by atoms with van der Waals surface area (Å²) in [7, 11) is 0.176. The van der Waals surface area contributed by atoms with E-state index in [9.17, 15) is 18.0 Å². The summed E-state index contributed by atoms with van der Waals surface area (Å²) in [6, 6.07) is 6.94.